The fraction of sp³-hybridized carbons (Fsp3) is 0.208. The van der Waals surface area contributed by atoms with E-state index in [0.29, 0.717) is 43.0 Å². The number of nitrogens with one attached hydrogen (secondary N) is 2. The van der Waals surface area contributed by atoms with Crippen LogP contribution in [-0.2, 0) is 0 Å². The maximum absolute atomic E-state index is 14.4. The average molecular weight is 434 g/mol. The molecule has 0 atom stereocenters. The minimum Gasteiger partial charge on any atom is -0.366 e. The highest BCUT2D eigenvalue weighted by atomic mass is 19.1. The van der Waals surface area contributed by atoms with E-state index in [-0.39, 0.29) is 5.78 Å². The number of urea groups is 1. The first-order valence-corrected chi connectivity index (χ1v) is 10.3. The minimum absolute atomic E-state index is 0.192. The van der Waals surface area contributed by atoms with Gasteiger partial charge in [-0.05, 0) is 48.0 Å². The van der Waals surface area contributed by atoms with Crippen LogP contribution in [0.3, 0.4) is 0 Å². The standard InChI is InChI=1S/C24H23FN4O3/c1-16(30)18-8-9-22(21(25)15-18)28-10-12-29(13-11-28)24(32)27-26-23(31)20-7-6-17-4-2-3-5-19(17)14-20/h2-9,14-15H,10-13H2,1H3,(H,26,31)(H,27,32). The molecule has 0 aliphatic carbocycles. The van der Waals surface area contributed by atoms with Crippen molar-refractivity contribution < 1.29 is 18.8 Å². The van der Waals surface area contributed by atoms with Gasteiger partial charge in [-0.3, -0.25) is 15.0 Å². The number of Topliss-reactive ketones (excluding diaryl/α,β-unsaturated/α-hetero) is 1. The van der Waals surface area contributed by atoms with E-state index in [0.717, 1.165) is 10.8 Å². The second-order valence-corrected chi connectivity index (χ2v) is 7.64. The highest BCUT2D eigenvalue weighted by molar-refractivity contribution is 5.99. The first-order valence-electron chi connectivity index (χ1n) is 10.3. The van der Waals surface area contributed by atoms with Crippen LogP contribution in [0.2, 0.25) is 0 Å². The lowest BCUT2D eigenvalue weighted by molar-refractivity contribution is 0.0929. The number of hydrazine groups is 1. The number of nitrogens with zero attached hydrogens (tertiary/aromatic N) is 2. The number of hydrogen-bond acceptors (Lipinski definition) is 4. The molecule has 0 saturated carbocycles. The number of hydrogen-bond donors (Lipinski definition) is 2. The highest BCUT2D eigenvalue weighted by Crippen LogP contribution is 2.22. The molecule has 0 spiro atoms. The molecule has 32 heavy (non-hydrogen) atoms. The molecular formula is C24H23FN4O3. The van der Waals surface area contributed by atoms with E-state index in [1.54, 1.807) is 29.2 Å². The van der Waals surface area contributed by atoms with Crippen molar-refractivity contribution in [2.75, 3.05) is 31.1 Å². The predicted octanol–water partition coefficient (Wildman–Crippen LogP) is 3.36. The van der Waals surface area contributed by atoms with Crippen LogP contribution >= 0.6 is 0 Å². The summed E-state index contributed by atoms with van der Waals surface area (Å²) in [4.78, 5) is 39.6. The normalized spacial score (nSPS) is 13.7. The molecule has 4 rings (SSSR count). The monoisotopic (exact) mass is 434 g/mol. The molecule has 2 N–H and O–H groups in total. The van der Waals surface area contributed by atoms with Gasteiger partial charge in [-0.2, -0.15) is 0 Å². The number of anilines is 1. The molecule has 1 fully saturated rings. The van der Waals surface area contributed by atoms with E-state index in [1.165, 1.54) is 13.0 Å². The molecule has 3 aromatic carbocycles. The Kier molecular flexibility index (Phi) is 6.02. The lowest BCUT2D eigenvalue weighted by Gasteiger charge is -2.36. The van der Waals surface area contributed by atoms with Crippen LogP contribution in [0.25, 0.3) is 10.8 Å². The second kappa shape index (κ2) is 9.05. The number of carbonyl (C=O) groups excluding carboxylic acids is 3. The van der Waals surface area contributed by atoms with E-state index in [9.17, 15) is 18.8 Å². The summed E-state index contributed by atoms with van der Waals surface area (Å²) in [5, 5.41) is 1.96. The number of amides is 3. The molecule has 1 heterocycles. The predicted molar refractivity (Wildman–Crippen MR) is 120 cm³/mol. The lowest BCUT2D eigenvalue weighted by atomic mass is 10.1. The Morgan fingerprint density at radius 2 is 1.50 bits per heavy atom. The van der Waals surface area contributed by atoms with Gasteiger partial charge in [0.05, 0.1) is 5.69 Å². The van der Waals surface area contributed by atoms with Crippen molar-refractivity contribution in [1.29, 1.82) is 0 Å². The van der Waals surface area contributed by atoms with Crippen LogP contribution in [0.4, 0.5) is 14.9 Å². The van der Waals surface area contributed by atoms with Crippen molar-refractivity contribution in [2.45, 2.75) is 6.92 Å². The topological polar surface area (TPSA) is 81.8 Å². The summed E-state index contributed by atoms with van der Waals surface area (Å²) < 4.78 is 14.4. The van der Waals surface area contributed by atoms with Crippen molar-refractivity contribution in [3.8, 4) is 0 Å². The van der Waals surface area contributed by atoms with Gasteiger partial charge >= 0.3 is 6.03 Å². The van der Waals surface area contributed by atoms with Gasteiger partial charge in [0.15, 0.2) is 5.78 Å². The van der Waals surface area contributed by atoms with Gasteiger partial charge in [-0.25, -0.2) is 14.6 Å². The third-order valence-electron chi connectivity index (χ3n) is 5.56. The third kappa shape index (κ3) is 4.54. The van der Waals surface area contributed by atoms with Crippen LogP contribution in [0.1, 0.15) is 27.6 Å². The Balaban J connectivity index is 1.30. The van der Waals surface area contributed by atoms with Gasteiger partial charge in [0.25, 0.3) is 5.91 Å². The Hall–Kier alpha value is -3.94. The van der Waals surface area contributed by atoms with Crippen LogP contribution in [0, 0.1) is 5.82 Å². The van der Waals surface area contributed by atoms with Crippen molar-refractivity contribution in [3.63, 3.8) is 0 Å². The Bertz CT molecular complexity index is 1190. The smallest absolute Gasteiger partial charge is 0.336 e. The molecule has 0 bridgehead atoms. The zero-order chi connectivity index (χ0) is 22.7. The van der Waals surface area contributed by atoms with Crippen molar-refractivity contribution >= 4 is 34.2 Å². The fourth-order valence-electron chi connectivity index (χ4n) is 3.72. The average Bonchev–Trinajstić information content (AvgIpc) is 2.82. The molecule has 0 radical (unpaired) electrons. The zero-order valence-electron chi connectivity index (χ0n) is 17.6. The number of fused-ring (bicyclic) bond motifs is 1. The Morgan fingerprint density at radius 1 is 0.812 bits per heavy atom. The number of halogens is 1. The SMILES string of the molecule is CC(=O)c1ccc(N2CCN(C(=O)NNC(=O)c3ccc4ccccc4c3)CC2)c(F)c1. The Labute approximate surface area is 184 Å². The largest absolute Gasteiger partial charge is 0.366 e. The molecule has 3 amide bonds. The van der Waals surface area contributed by atoms with Crippen molar-refractivity contribution in [3.05, 3.63) is 77.6 Å². The molecule has 0 aromatic heterocycles. The second-order valence-electron chi connectivity index (χ2n) is 7.64. The minimum atomic E-state index is -0.460. The zero-order valence-corrected chi connectivity index (χ0v) is 17.6. The number of benzene rings is 3. The maximum Gasteiger partial charge on any atom is 0.336 e. The van der Waals surface area contributed by atoms with Gasteiger partial charge in [0, 0.05) is 37.3 Å². The molecule has 7 nitrogen and oxygen atoms in total. The van der Waals surface area contributed by atoms with Crippen LogP contribution in [-0.4, -0.2) is 48.8 Å². The highest BCUT2D eigenvalue weighted by Gasteiger charge is 2.23. The number of rotatable bonds is 3. The van der Waals surface area contributed by atoms with Crippen molar-refractivity contribution in [2.24, 2.45) is 0 Å². The maximum atomic E-state index is 14.4. The van der Waals surface area contributed by atoms with Gasteiger partial charge in [0.1, 0.15) is 5.82 Å². The van der Waals surface area contributed by atoms with Gasteiger partial charge in [-0.15, -0.1) is 0 Å². The summed E-state index contributed by atoms with van der Waals surface area (Å²) in [5.41, 5.74) is 6.06. The quantitative estimate of drug-likeness (QED) is 0.489. The first-order chi connectivity index (χ1) is 15.4. The summed E-state index contributed by atoms with van der Waals surface area (Å²) in [6.07, 6.45) is 0. The summed E-state index contributed by atoms with van der Waals surface area (Å²) in [7, 11) is 0. The van der Waals surface area contributed by atoms with Crippen LogP contribution in [0.15, 0.2) is 60.7 Å². The number of carbonyl (C=O) groups is 3. The van der Waals surface area contributed by atoms with E-state index >= 15 is 0 Å². The molecule has 3 aromatic rings. The van der Waals surface area contributed by atoms with E-state index in [2.05, 4.69) is 10.9 Å². The third-order valence-corrected chi connectivity index (χ3v) is 5.56. The summed E-state index contributed by atoms with van der Waals surface area (Å²) in [6, 6.07) is 17.0. The molecule has 164 valence electrons. The molecular weight excluding hydrogens is 411 g/mol. The molecule has 1 aliphatic heterocycles. The number of piperazine rings is 1. The van der Waals surface area contributed by atoms with Gasteiger partial charge < -0.3 is 9.80 Å². The summed E-state index contributed by atoms with van der Waals surface area (Å²) >= 11 is 0. The molecule has 8 heteroatoms. The Morgan fingerprint density at radius 3 is 2.19 bits per heavy atom. The van der Waals surface area contributed by atoms with Crippen LogP contribution < -0.4 is 15.8 Å². The first kappa shape index (κ1) is 21.3. The number of ketones is 1. The van der Waals surface area contributed by atoms with E-state index in [4.69, 9.17) is 0 Å². The lowest BCUT2D eigenvalue weighted by Crippen LogP contribution is -2.55. The summed E-state index contributed by atoms with van der Waals surface area (Å²) in [6.45, 7) is 2.99. The fourth-order valence-corrected chi connectivity index (χ4v) is 3.72. The van der Waals surface area contributed by atoms with Crippen molar-refractivity contribution in [1.82, 2.24) is 15.8 Å². The van der Waals surface area contributed by atoms with E-state index in [1.807, 2.05) is 35.2 Å². The van der Waals surface area contributed by atoms with Gasteiger partial charge in [0.2, 0.25) is 0 Å². The molecule has 1 aliphatic rings. The molecule has 1 saturated heterocycles. The van der Waals surface area contributed by atoms with E-state index < -0.39 is 17.8 Å². The molecule has 0 unspecified atom stereocenters. The summed E-state index contributed by atoms with van der Waals surface area (Å²) in [5.74, 6) is -1.06. The van der Waals surface area contributed by atoms with Gasteiger partial charge in [-0.1, -0.05) is 30.3 Å². The van der Waals surface area contributed by atoms with Crippen LogP contribution in [0.5, 0.6) is 0 Å².